The Kier molecular flexibility index (Phi) is 13.8. The number of aliphatic hydroxyl groups is 1. The summed E-state index contributed by atoms with van der Waals surface area (Å²) in [6.07, 6.45) is -2.49. The van der Waals surface area contributed by atoms with Crippen LogP contribution < -0.4 is 16.0 Å². The fourth-order valence-corrected chi connectivity index (χ4v) is 8.34. The van der Waals surface area contributed by atoms with Crippen LogP contribution in [0.15, 0.2) is 42.5 Å². The summed E-state index contributed by atoms with van der Waals surface area (Å²) >= 11 is 0. The van der Waals surface area contributed by atoms with Crippen molar-refractivity contribution >= 4 is 41.4 Å². The molecule has 0 aromatic heterocycles. The van der Waals surface area contributed by atoms with Crippen LogP contribution in [-0.2, 0) is 62.3 Å². The molecule has 324 valence electrons. The summed E-state index contributed by atoms with van der Waals surface area (Å²) in [5.41, 5.74) is 1.68. The lowest BCUT2D eigenvalue weighted by molar-refractivity contribution is -0.164. The van der Waals surface area contributed by atoms with Gasteiger partial charge < -0.3 is 45.2 Å². The number of benzene rings is 2. The van der Waals surface area contributed by atoms with Crippen LogP contribution >= 0.6 is 0 Å². The van der Waals surface area contributed by atoms with Gasteiger partial charge in [0.2, 0.25) is 35.4 Å². The highest BCUT2D eigenvalue weighted by Crippen LogP contribution is 2.28. The van der Waals surface area contributed by atoms with E-state index in [0.29, 0.717) is 11.6 Å². The highest BCUT2D eigenvalue weighted by Gasteiger charge is 2.49. The quantitative estimate of drug-likeness (QED) is 0.265. The lowest BCUT2D eigenvalue weighted by Gasteiger charge is -2.39. The summed E-state index contributed by atoms with van der Waals surface area (Å²) in [6.45, 7) is 6.22. The molecule has 4 heterocycles. The highest BCUT2D eigenvalue weighted by molar-refractivity contribution is 5.98. The molecule has 2 aromatic carbocycles. The number of nitrogens with zero attached hydrogens (tertiary/aromatic N) is 3. The first-order chi connectivity index (χ1) is 28.5. The molecule has 9 atom stereocenters. The Morgan fingerprint density at radius 3 is 2.20 bits per heavy atom. The molecule has 6 rings (SSSR count). The highest BCUT2D eigenvalue weighted by atomic mass is 19.1. The van der Waals surface area contributed by atoms with E-state index >= 15 is 0 Å². The van der Waals surface area contributed by atoms with Crippen LogP contribution in [0.4, 0.5) is 8.78 Å². The molecule has 18 heteroatoms. The van der Waals surface area contributed by atoms with Gasteiger partial charge in [-0.3, -0.25) is 28.8 Å². The number of hydrogen-bond acceptors (Lipinski definition) is 10. The van der Waals surface area contributed by atoms with Crippen molar-refractivity contribution in [3.05, 3.63) is 70.8 Å². The van der Waals surface area contributed by atoms with Gasteiger partial charge in [-0.25, -0.2) is 13.6 Å². The van der Waals surface area contributed by atoms with Crippen molar-refractivity contribution < 1.29 is 56.9 Å². The van der Waals surface area contributed by atoms with Gasteiger partial charge in [-0.15, -0.1) is 0 Å². The van der Waals surface area contributed by atoms with Gasteiger partial charge in [0.1, 0.15) is 54.0 Å². The maximum Gasteiger partial charge on any atom is 0.329 e. The molecule has 0 bridgehead atoms. The third-order valence-corrected chi connectivity index (χ3v) is 11.5. The van der Waals surface area contributed by atoms with Gasteiger partial charge in [-0.05, 0) is 61.4 Å². The van der Waals surface area contributed by atoms with Gasteiger partial charge in [-0.2, -0.15) is 0 Å². The maximum atomic E-state index is 14.7. The van der Waals surface area contributed by atoms with Gasteiger partial charge in [0, 0.05) is 38.5 Å². The summed E-state index contributed by atoms with van der Waals surface area (Å²) < 4.78 is 40.1. The van der Waals surface area contributed by atoms with Gasteiger partial charge in [0.05, 0.1) is 25.7 Å². The smallest absolute Gasteiger partial charge is 0.329 e. The molecule has 4 aliphatic rings. The number of rotatable bonds is 8. The molecule has 0 radical (unpaired) electrons. The Morgan fingerprint density at radius 2 is 1.52 bits per heavy atom. The lowest BCUT2D eigenvalue weighted by atomic mass is 10.0. The third-order valence-electron chi connectivity index (χ3n) is 11.5. The molecule has 0 saturated carbocycles. The lowest BCUT2D eigenvalue weighted by Crippen LogP contribution is -2.64. The molecule has 6 amide bonds. The minimum Gasteiger partial charge on any atom is -0.458 e. The molecule has 4 N–H and O–H groups in total. The molecule has 4 aliphatic heterocycles. The van der Waals surface area contributed by atoms with Gasteiger partial charge in [0.15, 0.2) is 0 Å². The van der Waals surface area contributed by atoms with Crippen molar-refractivity contribution in [2.45, 2.75) is 108 Å². The maximum absolute atomic E-state index is 14.7. The number of amides is 6. The summed E-state index contributed by atoms with van der Waals surface area (Å²) in [6, 6.07) is 1.86. The summed E-state index contributed by atoms with van der Waals surface area (Å²) in [7, 11) is 0. The average molecular weight is 839 g/mol. The fraction of sp³-hybridized carbons (Fsp3) is 0.548. The summed E-state index contributed by atoms with van der Waals surface area (Å²) in [5.74, 6) is -7.40. The number of fused-ring (bicyclic) bond motifs is 3. The molecule has 4 fully saturated rings. The summed E-state index contributed by atoms with van der Waals surface area (Å²) in [5, 5.41) is 18.7. The van der Waals surface area contributed by atoms with E-state index in [2.05, 4.69) is 16.0 Å². The van der Waals surface area contributed by atoms with Crippen LogP contribution in [0, 0.1) is 17.6 Å². The SMILES string of the molecule is CCc1ccc(CC(=O)N[C@@H](Cc2cc(F)cc(F)c2)C(=O)N[C@@H]2C(=O)N3C[C@H](O)C[C@H]3C(=O)N3CCOC[C@H]3C(=O)N[C@@H](C)C(=O)N3C[C@H](C)C[C@H]3C(=O)O[C@H]2C)cc1. The average Bonchev–Trinajstić information content (AvgIpc) is 3.80. The first-order valence-electron chi connectivity index (χ1n) is 20.3. The number of hydrogen-bond donors (Lipinski definition) is 4. The number of ether oxygens (including phenoxy) is 2. The van der Waals surface area contributed by atoms with Gasteiger partial charge in [0.25, 0.3) is 0 Å². The Hall–Kier alpha value is -5.49. The fourth-order valence-electron chi connectivity index (χ4n) is 8.34. The molecule has 0 spiro atoms. The molecule has 4 saturated heterocycles. The Labute approximate surface area is 346 Å². The van der Waals surface area contributed by atoms with E-state index in [-0.39, 0.29) is 63.6 Å². The van der Waals surface area contributed by atoms with Crippen LogP contribution in [0.3, 0.4) is 0 Å². The van der Waals surface area contributed by atoms with Gasteiger partial charge in [-0.1, -0.05) is 38.1 Å². The van der Waals surface area contributed by atoms with Crippen molar-refractivity contribution in [1.29, 1.82) is 0 Å². The van der Waals surface area contributed by atoms with Crippen LogP contribution in [0.25, 0.3) is 0 Å². The number of esters is 1. The molecular weight excluding hydrogens is 786 g/mol. The van der Waals surface area contributed by atoms with Gasteiger partial charge >= 0.3 is 5.97 Å². The minimum absolute atomic E-state index is 0.0100. The molecule has 16 nitrogen and oxygen atoms in total. The largest absolute Gasteiger partial charge is 0.458 e. The number of halogens is 2. The number of morpholine rings is 1. The van der Waals surface area contributed by atoms with E-state index in [4.69, 9.17) is 9.47 Å². The summed E-state index contributed by atoms with van der Waals surface area (Å²) in [4.78, 5) is 102. The van der Waals surface area contributed by atoms with Crippen LogP contribution in [0.1, 0.15) is 57.2 Å². The minimum atomic E-state index is -1.74. The number of carbonyl (C=O) groups excluding carboxylic acids is 7. The third kappa shape index (κ3) is 10.1. The van der Waals surface area contributed by atoms with Crippen LogP contribution in [0.5, 0.6) is 0 Å². The number of aliphatic hydroxyl groups excluding tert-OH is 1. The van der Waals surface area contributed by atoms with Crippen molar-refractivity contribution in [3.63, 3.8) is 0 Å². The van der Waals surface area contributed by atoms with E-state index in [9.17, 15) is 47.4 Å². The second kappa shape index (κ2) is 18.8. The van der Waals surface area contributed by atoms with E-state index in [1.54, 1.807) is 12.1 Å². The van der Waals surface area contributed by atoms with E-state index in [1.807, 2.05) is 26.0 Å². The van der Waals surface area contributed by atoms with Crippen molar-refractivity contribution in [3.8, 4) is 0 Å². The second-order valence-electron chi connectivity index (χ2n) is 16.2. The van der Waals surface area contributed by atoms with Crippen molar-refractivity contribution in [2.24, 2.45) is 5.92 Å². The zero-order valence-electron chi connectivity index (χ0n) is 34.0. The number of aryl methyl sites for hydroxylation is 1. The first kappa shape index (κ1) is 44.1. The Morgan fingerprint density at radius 1 is 0.850 bits per heavy atom. The Bertz CT molecular complexity index is 1970. The first-order valence-corrected chi connectivity index (χ1v) is 20.3. The topological polar surface area (TPSA) is 204 Å². The van der Waals surface area contributed by atoms with Crippen molar-refractivity contribution in [2.75, 3.05) is 32.8 Å². The van der Waals surface area contributed by atoms with E-state index in [1.165, 1.54) is 23.6 Å². The predicted molar refractivity (Wildman–Crippen MR) is 208 cm³/mol. The molecule has 2 aromatic rings. The van der Waals surface area contributed by atoms with E-state index in [0.717, 1.165) is 29.0 Å². The number of carbonyl (C=O) groups is 7. The Balaban J connectivity index is 1.35. The monoisotopic (exact) mass is 838 g/mol. The molecular formula is C42H52F2N6O10. The normalized spacial score (nSPS) is 28.3. The van der Waals surface area contributed by atoms with Crippen LogP contribution in [0.2, 0.25) is 0 Å². The van der Waals surface area contributed by atoms with Crippen molar-refractivity contribution in [1.82, 2.24) is 30.7 Å². The molecule has 0 unspecified atom stereocenters. The molecule has 60 heavy (non-hydrogen) atoms. The zero-order valence-corrected chi connectivity index (χ0v) is 34.0. The van der Waals surface area contributed by atoms with E-state index < -0.39 is 108 Å². The zero-order chi connectivity index (χ0) is 43.4. The second-order valence-corrected chi connectivity index (χ2v) is 16.2. The number of nitrogens with one attached hydrogen (secondary N) is 3. The molecule has 0 aliphatic carbocycles. The standard InChI is InChI=1S/C42H52F2N6O10/c1-5-25-6-8-26(9-7-25)16-35(52)46-31(15-27-13-28(43)17-29(44)14-27)37(53)47-36-24(4)60-42(58)33-12-22(2)19-49(33)39(55)23(3)45-38(54)34-21-59-11-10-48(34)40(56)32-18-30(51)20-50(32)41(36)57/h6-9,13-14,17,22-24,30-34,36,51H,5,10-12,15-16,18-21H2,1-4H3,(H,45,54)(H,46,52)(H,47,53)/t22-,23+,24+,30-,31+,32+,33+,34+,36+/m1/s1. The van der Waals surface area contributed by atoms with Crippen LogP contribution in [-0.4, -0.2) is 143 Å². The number of cyclic esters (lactones) is 1. The predicted octanol–water partition coefficient (Wildman–Crippen LogP) is 0.158.